The molecular formula is C16H7Br2Cl2NO2. The molecule has 1 aromatic heterocycles. The van der Waals surface area contributed by atoms with Crippen molar-refractivity contribution in [3.05, 3.63) is 67.1 Å². The Balaban J connectivity index is 2.06. The zero-order chi connectivity index (χ0) is 16.6. The number of nitrogens with zero attached hydrogens (tertiary/aromatic N) is 1. The molecule has 0 fully saturated rings. The molecule has 0 spiro atoms. The highest BCUT2D eigenvalue weighted by Gasteiger charge is 2.18. The Bertz CT molecular complexity index is 931. The van der Waals surface area contributed by atoms with E-state index in [0.29, 0.717) is 20.8 Å². The minimum atomic E-state index is -0.582. The summed E-state index contributed by atoms with van der Waals surface area (Å²) in [5.74, 6) is -0.249. The van der Waals surface area contributed by atoms with E-state index in [4.69, 9.17) is 27.9 Å². The Hall–Kier alpha value is -1.14. The van der Waals surface area contributed by atoms with Gasteiger partial charge >= 0.3 is 5.97 Å². The fourth-order valence-electron chi connectivity index (χ4n) is 2.05. The molecule has 1 heterocycles. The number of aromatic nitrogens is 1. The van der Waals surface area contributed by atoms with Crippen LogP contribution in [0.1, 0.15) is 10.4 Å². The number of carbonyl (C=O) groups is 1. The van der Waals surface area contributed by atoms with Crippen molar-refractivity contribution in [1.82, 2.24) is 4.98 Å². The lowest BCUT2D eigenvalue weighted by Crippen LogP contribution is -2.10. The highest BCUT2D eigenvalue weighted by molar-refractivity contribution is 9.11. The highest BCUT2D eigenvalue weighted by Crippen LogP contribution is 2.38. The van der Waals surface area contributed by atoms with Gasteiger partial charge in [-0.1, -0.05) is 45.2 Å². The lowest BCUT2D eigenvalue weighted by atomic mass is 10.2. The average molecular weight is 476 g/mol. The van der Waals surface area contributed by atoms with Gasteiger partial charge in [0, 0.05) is 21.1 Å². The molecule has 23 heavy (non-hydrogen) atoms. The second-order valence-corrected chi connectivity index (χ2v) is 7.13. The summed E-state index contributed by atoms with van der Waals surface area (Å²) >= 11 is 18.8. The fourth-order valence-corrected chi connectivity index (χ4v) is 3.89. The summed E-state index contributed by atoms with van der Waals surface area (Å²) in [5, 5.41) is 1.51. The Labute approximate surface area is 158 Å². The SMILES string of the molecule is O=C(Oc1c(Br)cc(Br)c2cccnc12)c1ccc(Cl)cc1Cl. The van der Waals surface area contributed by atoms with E-state index in [1.165, 1.54) is 12.1 Å². The molecule has 0 bridgehead atoms. The number of fused-ring (bicyclic) bond motifs is 1. The molecular weight excluding hydrogens is 469 g/mol. The van der Waals surface area contributed by atoms with Gasteiger partial charge in [-0.2, -0.15) is 0 Å². The van der Waals surface area contributed by atoms with Crippen molar-refractivity contribution >= 4 is 71.9 Å². The number of carbonyl (C=O) groups excluding carboxylic acids is 1. The first-order valence-electron chi connectivity index (χ1n) is 6.37. The minimum Gasteiger partial charge on any atom is -0.419 e. The van der Waals surface area contributed by atoms with Gasteiger partial charge in [-0.05, 0) is 46.3 Å². The number of benzene rings is 2. The zero-order valence-electron chi connectivity index (χ0n) is 11.3. The fraction of sp³-hybridized carbons (Fsp3) is 0. The second-order valence-electron chi connectivity index (χ2n) is 4.58. The lowest BCUT2D eigenvalue weighted by Gasteiger charge is -2.11. The Morgan fingerprint density at radius 1 is 1.09 bits per heavy atom. The van der Waals surface area contributed by atoms with E-state index < -0.39 is 5.97 Å². The third kappa shape index (κ3) is 3.38. The van der Waals surface area contributed by atoms with Crippen LogP contribution in [-0.2, 0) is 0 Å². The van der Waals surface area contributed by atoms with Crippen LogP contribution in [0.2, 0.25) is 10.0 Å². The first kappa shape index (κ1) is 16.7. The topological polar surface area (TPSA) is 39.2 Å². The van der Waals surface area contributed by atoms with Crippen molar-refractivity contribution in [3.8, 4) is 5.75 Å². The predicted octanol–water partition coefficient (Wildman–Crippen LogP) is 6.29. The first-order chi connectivity index (χ1) is 11.0. The quantitative estimate of drug-likeness (QED) is 0.323. The summed E-state index contributed by atoms with van der Waals surface area (Å²) in [6, 6.07) is 10.1. The molecule has 2 aromatic carbocycles. The molecule has 116 valence electrons. The molecule has 0 amide bonds. The average Bonchev–Trinajstić information content (AvgIpc) is 2.51. The van der Waals surface area contributed by atoms with E-state index in [2.05, 4.69) is 36.8 Å². The number of ether oxygens (including phenoxy) is 1. The number of rotatable bonds is 2. The molecule has 3 aromatic rings. The monoisotopic (exact) mass is 473 g/mol. The van der Waals surface area contributed by atoms with Gasteiger partial charge in [-0.3, -0.25) is 4.98 Å². The summed E-state index contributed by atoms with van der Waals surface area (Å²) < 4.78 is 6.97. The molecule has 0 radical (unpaired) electrons. The zero-order valence-corrected chi connectivity index (χ0v) is 16.0. The standard InChI is InChI=1S/C16H7Br2Cl2NO2/c17-11-7-12(18)15(14-9(11)2-1-5-21-14)23-16(22)10-4-3-8(19)6-13(10)20/h1-7H. The van der Waals surface area contributed by atoms with Crippen LogP contribution in [0.25, 0.3) is 10.9 Å². The van der Waals surface area contributed by atoms with Crippen molar-refractivity contribution < 1.29 is 9.53 Å². The number of hydrogen-bond acceptors (Lipinski definition) is 3. The Morgan fingerprint density at radius 3 is 2.61 bits per heavy atom. The molecule has 0 atom stereocenters. The van der Waals surface area contributed by atoms with Crippen LogP contribution in [0, 0.1) is 0 Å². The maximum absolute atomic E-state index is 12.4. The molecule has 0 saturated carbocycles. The van der Waals surface area contributed by atoms with Gasteiger partial charge in [0.25, 0.3) is 0 Å². The largest absolute Gasteiger partial charge is 0.419 e. The normalized spacial score (nSPS) is 10.8. The Morgan fingerprint density at radius 2 is 1.87 bits per heavy atom. The van der Waals surface area contributed by atoms with E-state index in [1.54, 1.807) is 18.3 Å². The summed E-state index contributed by atoms with van der Waals surface area (Å²) in [4.78, 5) is 16.7. The van der Waals surface area contributed by atoms with Gasteiger partial charge in [0.15, 0.2) is 5.75 Å². The van der Waals surface area contributed by atoms with Crippen molar-refractivity contribution in [1.29, 1.82) is 0 Å². The van der Waals surface area contributed by atoms with Gasteiger partial charge in [0.1, 0.15) is 5.52 Å². The molecule has 0 aliphatic carbocycles. The molecule has 0 aliphatic heterocycles. The van der Waals surface area contributed by atoms with Gasteiger partial charge in [-0.25, -0.2) is 4.79 Å². The second kappa shape index (κ2) is 6.77. The van der Waals surface area contributed by atoms with Crippen LogP contribution in [0.3, 0.4) is 0 Å². The molecule has 0 saturated heterocycles. The van der Waals surface area contributed by atoms with Crippen molar-refractivity contribution in [3.63, 3.8) is 0 Å². The first-order valence-corrected chi connectivity index (χ1v) is 8.71. The van der Waals surface area contributed by atoms with Crippen LogP contribution in [-0.4, -0.2) is 11.0 Å². The molecule has 3 nitrogen and oxygen atoms in total. The van der Waals surface area contributed by atoms with E-state index in [9.17, 15) is 4.79 Å². The molecule has 0 N–H and O–H groups in total. The van der Waals surface area contributed by atoms with Gasteiger partial charge in [0.2, 0.25) is 0 Å². The molecule has 7 heteroatoms. The van der Waals surface area contributed by atoms with Crippen LogP contribution < -0.4 is 4.74 Å². The number of hydrogen-bond donors (Lipinski definition) is 0. The van der Waals surface area contributed by atoms with Gasteiger partial charge in [0.05, 0.1) is 15.1 Å². The summed E-state index contributed by atoms with van der Waals surface area (Å²) in [7, 11) is 0. The third-order valence-corrected chi connectivity index (χ3v) is 4.89. The highest BCUT2D eigenvalue weighted by atomic mass is 79.9. The number of esters is 1. The van der Waals surface area contributed by atoms with E-state index >= 15 is 0 Å². The van der Waals surface area contributed by atoms with Crippen LogP contribution in [0.15, 0.2) is 51.5 Å². The van der Waals surface area contributed by atoms with Crippen LogP contribution in [0.4, 0.5) is 0 Å². The van der Waals surface area contributed by atoms with Crippen LogP contribution >= 0.6 is 55.1 Å². The Kier molecular flexibility index (Phi) is 4.92. The summed E-state index contributed by atoms with van der Waals surface area (Å²) in [6.07, 6.45) is 1.63. The predicted molar refractivity (Wildman–Crippen MR) is 98.6 cm³/mol. The summed E-state index contributed by atoms with van der Waals surface area (Å²) in [5.41, 5.74) is 0.794. The minimum absolute atomic E-state index is 0.230. The molecule has 0 unspecified atom stereocenters. The molecule has 3 rings (SSSR count). The van der Waals surface area contributed by atoms with Gasteiger partial charge in [-0.15, -0.1) is 0 Å². The maximum Gasteiger partial charge on any atom is 0.345 e. The van der Waals surface area contributed by atoms with Crippen molar-refractivity contribution in [2.45, 2.75) is 0 Å². The van der Waals surface area contributed by atoms with E-state index in [0.717, 1.165) is 9.86 Å². The van der Waals surface area contributed by atoms with Gasteiger partial charge < -0.3 is 4.74 Å². The lowest BCUT2D eigenvalue weighted by molar-refractivity contribution is 0.0736. The van der Waals surface area contributed by atoms with Crippen LogP contribution in [0.5, 0.6) is 5.75 Å². The summed E-state index contributed by atoms with van der Waals surface area (Å²) in [6.45, 7) is 0. The maximum atomic E-state index is 12.4. The van der Waals surface area contributed by atoms with Crippen molar-refractivity contribution in [2.24, 2.45) is 0 Å². The number of pyridine rings is 1. The van der Waals surface area contributed by atoms with E-state index in [1.807, 2.05) is 12.1 Å². The number of halogens is 4. The van der Waals surface area contributed by atoms with Crippen molar-refractivity contribution in [2.75, 3.05) is 0 Å². The van der Waals surface area contributed by atoms with E-state index in [-0.39, 0.29) is 10.6 Å². The third-order valence-electron chi connectivity index (χ3n) is 3.10. The smallest absolute Gasteiger partial charge is 0.345 e. The molecule has 0 aliphatic rings.